The molecule has 1 saturated heterocycles. The van der Waals surface area contributed by atoms with Crippen LogP contribution in [0.2, 0.25) is 0 Å². The summed E-state index contributed by atoms with van der Waals surface area (Å²) in [6.07, 6.45) is 2.22. The first-order chi connectivity index (χ1) is 15.1. The number of thiophene rings is 1. The molecule has 1 aliphatic heterocycles. The van der Waals surface area contributed by atoms with Gasteiger partial charge in [0.15, 0.2) is 5.96 Å². The molecule has 0 bridgehead atoms. The van der Waals surface area contributed by atoms with E-state index in [4.69, 9.17) is 14.5 Å². The van der Waals surface area contributed by atoms with E-state index in [0.717, 1.165) is 63.0 Å². The van der Waals surface area contributed by atoms with Crippen molar-refractivity contribution in [2.45, 2.75) is 45.8 Å². The predicted octanol–water partition coefficient (Wildman–Crippen LogP) is 4.42. The molecule has 8 heteroatoms. The van der Waals surface area contributed by atoms with Crippen molar-refractivity contribution in [1.82, 2.24) is 15.5 Å². The molecule has 0 radical (unpaired) electrons. The molecule has 178 valence electrons. The number of aryl methyl sites for hydroxylation is 1. The second-order valence-electron chi connectivity index (χ2n) is 7.88. The monoisotopic (exact) mass is 572 g/mol. The second kappa shape index (κ2) is 14.7. The van der Waals surface area contributed by atoms with E-state index in [9.17, 15) is 0 Å². The average Bonchev–Trinajstić information content (AvgIpc) is 3.21. The third-order valence-corrected chi connectivity index (χ3v) is 6.42. The summed E-state index contributed by atoms with van der Waals surface area (Å²) in [4.78, 5) is 9.77. The lowest BCUT2D eigenvalue weighted by Crippen LogP contribution is -2.38. The van der Waals surface area contributed by atoms with Crippen LogP contribution in [0.15, 0.2) is 41.4 Å². The van der Waals surface area contributed by atoms with Gasteiger partial charge in [-0.15, -0.1) is 35.3 Å². The highest BCUT2D eigenvalue weighted by Gasteiger charge is 2.17. The number of guanidine groups is 1. The Morgan fingerprint density at radius 3 is 2.75 bits per heavy atom. The smallest absolute Gasteiger partial charge is 0.191 e. The van der Waals surface area contributed by atoms with Gasteiger partial charge in [0.05, 0.1) is 13.1 Å². The summed E-state index contributed by atoms with van der Waals surface area (Å²) in [5.41, 5.74) is 1.14. The minimum atomic E-state index is 0. The molecule has 0 saturated carbocycles. The van der Waals surface area contributed by atoms with Crippen molar-refractivity contribution in [1.29, 1.82) is 0 Å². The van der Waals surface area contributed by atoms with Crippen molar-refractivity contribution in [2.24, 2.45) is 4.99 Å². The first kappa shape index (κ1) is 26.9. The van der Waals surface area contributed by atoms with Gasteiger partial charge in [0.25, 0.3) is 0 Å². The fourth-order valence-electron chi connectivity index (χ4n) is 3.61. The van der Waals surface area contributed by atoms with Crippen LogP contribution in [-0.4, -0.2) is 56.9 Å². The Hall–Kier alpha value is -1.36. The number of nitrogens with one attached hydrogen (secondary N) is 2. The van der Waals surface area contributed by atoms with Crippen LogP contribution < -0.4 is 15.4 Å². The van der Waals surface area contributed by atoms with Gasteiger partial charge in [0.2, 0.25) is 0 Å². The van der Waals surface area contributed by atoms with Crippen molar-refractivity contribution in [3.8, 4) is 5.75 Å². The Kier molecular flexibility index (Phi) is 12.4. The van der Waals surface area contributed by atoms with Gasteiger partial charge < -0.3 is 20.1 Å². The highest BCUT2D eigenvalue weighted by Crippen LogP contribution is 2.16. The van der Waals surface area contributed by atoms with E-state index in [2.05, 4.69) is 60.7 Å². The maximum absolute atomic E-state index is 6.02. The Morgan fingerprint density at radius 1 is 1.22 bits per heavy atom. The maximum Gasteiger partial charge on any atom is 0.191 e. The Morgan fingerprint density at radius 2 is 2.03 bits per heavy atom. The lowest BCUT2D eigenvalue weighted by atomic mass is 10.1. The largest absolute Gasteiger partial charge is 0.492 e. The summed E-state index contributed by atoms with van der Waals surface area (Å²) in [6.45, 7) is 9.79. The molecule has 2 N–H and O–H groups in total. The molecule has 0 spiro atoms. The summed E-state index contributed by atoms with van der Waals surface area (Å²) in [6, 6.07) is 13.2. The van der Waals surface area contributed by atoms with Crippen molar-refractivity contribution < 1.29 is 9.47 Å². The standard InChI is InChI=1S/C24H36N4O2S.HI/c1-4-25-24(27-18-23-9-8-19(2)31-23)26-17-20-6-5-7-22(16-20)30-15-12-28(3)21-10-13-29-14-11-21;/h5-9,16,21H,4,10-15,17-18H2,1-3H3,(H2,25,26,27);1H. The molecule has 1 aliphatic rings. The molecule has 32 heavy (non-hydrogen) atoms. The van der Waals surface area contributed by atoms with E-state index in [-0.39, 0.29) is 24.0 Å². The Labute approximate surface area is 213 Å². The molecular weight excluding hydrogens is 535 g/mol. The predicted molar refractivity (Wildman–Crippen MR) is 145 cm³/mol. The number of halogens is 1. The molecule has 0 aliphatic carbocycles. The first-order valence-corrected chi connectivity index (χ1v) is 12.0. The minimum Gasteiger partial charge on any atom is -0.492 e. The number of hydrogen-bond acceptors (Lipinski definition) is 5. The maximum atomic E-state index is 6.02. The average molecular weight is 573 g/mol. The molecule has 6 nitrogen and oxygen atoms in total. The first-order valence-electron chi connectivity index (χ1n) is 11.2. The SMILES string of the molecule is CCNC(=NCc1cccc(OCCN(C)C2CCOCC2)c1)NCc1ccc(C)s1.I. The van der Waals surface area contributed by atoms with Crippen LogP contribution in [0.3, 0.4) is 0 Å². The highest BCUT2D eigenvalue weighted by atomic mass is 127. The zero-order chi connectivity index (χ0) is 21.9. The second-order valence-corrected chi connectivity index (χ2v) is 9.25. The van der Waals surface area contributed by atoms with Crippen LogP contribution in [0.25, 0.3) is 0 Å². The number of hydrogen-bond donors (Lipinski definition) is 2. The van der Waals surface area contributed by atoms with Crippen LogP contribution in [0.1, 0.15) is 35.1 Å². The quantitative estimate of drug-likeness (QED) is 0.251. The number of likely N-dealkylation sites (N-methyl/N-ethyl adjacent to an activating group) is 1. The van der Waals surface area contributed by atoms with Gasteiger partial charge in [0.1, 0.15) is 12.4 Å². The summed E-state index contributed by atoms with van der Waals surface area (Å²) in [5, 5.41) is 6.74. The summed E-state index contributed by atoms with van der Waals surface area (Å²) in [7, 11) is 2.18. The number of nitrogens with zero attached hydrogens (tertiary/aromatic N) is 2. The fourth-order valence-corrected chi connectivity index (χ4v) is 4.44. The van der Waals surface area contributed by atoms with Crippen LogP contribution in [0.4, 0.5) is 0 Å². The lowest BCUT2D eigenvalue weighted by molar-refractivity contribution is 0.0392. The molecule has 1 aromatic heterocycles. The summed E-state index contributed by atoms with van der Waals surface area (Å²) < 4.78 is 11.5. The van der Waals surface area contributed by atoms with Crippen LogP contribution >= 0.6 is 35.3 Å². The van der Waals surface area contributed by atoms with E-state index < -0.39 is 0 Å². The van der Waals surface area contributed by atoms with Crippen molar-refractivity contribution in [3.05, 3.63) is 51.7 Å². The minimum absolute atomic E-state index is 0. The topological polar surface area (TPSA) is 58.1 Å². The molecule has 1 aromatic carbocycles. The van der Waals surface area contributed by atoms with Crippen LogP contribution in [0.5, 0.6) is 5.75 Å². The van der Waals surface area contributed by atoms with Gasteiger partial charge >= 0.3 is 0 Å². The molecule has 2 aromatic rings. The normalized spacial score (nSPS) is 14.8. The van der Waals surface area contributed by atoms with Gasteiger partial charge in [0, 0.05) is 42.1 Å². The Bertz CT molecular complexity index is 824. The van der Waals surface area contributed by atoms with Crippen molar-refractivity contribution in [3.63, 3.8) is 0 Å². The van der Waals surface area contributed by atoms with Crippen LogP contribution in [0, 0.1) is 6.92 Å². The van der Waals surface area contributed by atoms with Gasteiger partial charge in [-0.2, -0.15) is 0 Å². The number of aliphatic imine (C=N–C) groups is 1. The number of benzene rings is 1. The van der Waals surface area contributed by atoms with Crippen molar-refractivity contribution in [2.75, 3.05) is 40.0 Å². The summed E-state index contributed by atoms with van der Waals surface area (Å²) >= 11 is 1.81. The van der Waals surface area contributed by atoms with E-state index in [0.29, 0.717) is 19.2 Å². The van der Waals surface area contributed by atoms with E-state index in [1.807, 2.05) is 23.5 Å². The van der Waals surface area contributed by atoms with Gasteiger partial charge in [-0.1, -0.05) is 12.1 Å². The molecule has 2 heterocycles. The highest BCUT2D eigenvalue weighted by molar-refractivity contribution is 14.0. The Balaban J connectivity index is 0.00000363. The number of ether oxygens (including phenoxy) is 2. The molecule has 3 rings (SSSR count). The molecule has 0 unspecified atom stereocenters. The zero-order valence-corrected chi connectivity index (χ0v) is 22.6. The third kappa shape index (κ3) is 9.25. The van der Waals surface area contributed by atoms with E-state index in [1.54, 1.807) is 0 Å². The zero-order valence-electron chi connectivity index (χ0n) is 19.4. The third-order valence-electron chi connectivity index (χ3n) is 5.42. The molecular formula is C24H37IN4O2S. The van der Waals surface area contributed by atoms with Gasteiger partial charge in [-0.25, -0.2) is 4.99 Å². The molecule has 0 amide bonds. The lowest BCUT2D eigenvalue weighted by Gasteiger charge is -2.31. The van der Waals surface area contributed by atoms with Gasteiger partial charge in [-0.3, -0.25) is 4.90 Å². The number of rotatable bonds is 10. The summed E-state index contributed by atoms with van der Waals surface area (Å²) in [5.74, 6) is 1.73. The van der Waals surface area contributed by atoms with E-state index >= 15 is 0 Å². The van der Waals surface area contributed by atoms with E-state index in [1.165, 1.54) is 9.75 Å². The van der Waals surface area contributed by atoms with Gasteiger partial charge in [-0.05, 0) is 63.6 Å². The fraction of sp³-hybridized carbons (Fsp3) is 0.542. The van der Waals surface area contributed by atoms with Crippen molar-refractivity contribution >= 4 is 41.3 Å². The van der Waals surface area contributed by atoms with Crippen LogP contribution in [-0.2, 0) is 17.8 Å². The molecule has 1 fully saturated rings. The molecule has 0 atom stereocenters.